The number of rotatable bonds is 5. The van der Waals surface area contributed by atoms with Gasteiger partial charge < -0.3 is 5.32 Å². The van der Waals surface area contributed by atoms with Crippen molar-refractivity contribution in [1.82, 2.24) is 15.2 Å². The highest BCUT2D eigenvalue weighted by molar-refractivity contribution is 7.09. The molecule has 19 heavy (non-hydrogen) atoms. The van der Waals surface area contributed by atoms with Gasteiger partial charge in [0.2, 0.25) is 0 Å². The standard InChI is InChI=1S/C15H27N3S/c1-5-18-8-6-7-13(18)10-16-9-12-11-19-14(17-12)15(2,3)4/h11,13,16H,5-10H2,1-4H3. The molecule has 0 radical (unpaired) electrons. The highest BCUT2D eigenvalue weighted by atomic mass is 32.1. The van der Waals surface area contributed by atoms with E-state index in [1.807, 2.05) is 0 Å². The van der Waals surface area contributed by atoms with Crippen LogP contribution in [0.2, 0.25) is 0 Å². The lowest BCUT2D eigenvalue weighted by molar-refractivity contribution is 0.259. The second-order valence-corrected chi connectivity index (χ2v) is 7.31. The molecule has 0 aliphatic carbocycles. The van der Waals surface area contributed by atoms with Crippen molar-refractivity contribution in [2.75, 3.05) is 19.6 Å². The molecule has 0 spiro atoms. The minimum atomic E-state index is 0.174. The van der Waals surface area contributed by atoms with Gasteiger partial charge in [0.05, 0.1) is 10.7 Å². The number of nitrogens with zero attached hydrogens (tertiary/aromatic N) is 2. The molecule has 1 N–H and O–H groups in total. The molecule has 3 nitrogen and oxygen atoms in total. The maximum absolute atomic E-state index is 4.73. The van der Waals surface area contributed by atoms with Crippen LogP contribution in [-0.4, -0.2) is 35.6 Å². The first-order chi connectivity index (χ1) is 9.00. The van der Waals surface area contributed by atoms with E-state index in [2.05, 4.69) is 43.3 Å². The van der Waals surface area contributed by atoms with Gasteiger partial charge in [-0.2, -0.15) is 0 Å². The zero-order valence-electron chi connectivity index (χ0n) is 12.7. The van der Waals surface area contributed by atoms with E-state index in [4.69, 9.17) is 4.98 Å². The van der Waals surface area contributed by atoms with Gasteiger partial charge in [0.15, 0.2) is 0 Å². The summed E-state index contributed by atoms with van der Waals surface area (Å²) in [5, 5.41) is 7.01. The number of likely N-dealkylation sites (tertiary alicyclic amines) is 1. The molecular formula is C15H27N3S. The number of hydrogen-bond acceptors (Lipinski definition) is 4. The van der Waals surface area contributed by atoms with E-state index in [0.717, 1.165) is 19.1 Å². The van der Waals surface area contributed by atoms with E-state index in [1.54, 1.807) is 11.3 Å². The second-order valence-electron chi connectivity index (χ2n) is 6.45. The van der Waals surface area contributed by atoms with Crippen molar-refractivity contribution in [2.24, 2.45) is 0 Å². The molecule has 0 bridgehead atoms. The first-order valence-electron chi connectivity index (χ1n) is 7.40. The molecule has 0 aromatic carbocycles. The minimum Gasteiger partial charge on any atom is -0.310 e. The number of thiazole rings is 1. The van der Waals surface area contributed by atoms with Crippen LogP contribution in [0.1, 0.15) is 51.2 Å². The van der Waals surface area contributed by atoms with E-state index < -0.39 is 0 Å². The van der Waals surface area contributed by atoms with Gasteiger partial charge in [0, 0.05) is 29.9 Å². The topological polar surface area (TPSA) is 28.2 Å². The predicted octanol–water partition coefficient (Wildman–Crippen LogP) is 3.01. The summed E-state index contributed by atoms with van der Waals surface area (Å²) in [5.41, 5.74) is 1.36. The van der Waals surface area contributed by atoms with Crippen LogP contribution >= 0.6 is 11.3 Å². The smallest absolute Gasteiger partial charge is 0.0982 e. The van der Waals surface area contributed by atoms with Gasteiger partial charge in [-0.05, 0) is 25.9 Å². The molecule has 2 rings (SSSR count). The third-order valence-electron chi connectivity index (χ3n) is 3.78. The Morgan fingerprint density at radius 3 is 2.89 bits per heavy atom. The SMILES string of the molecule is CCN1CCCC1CNCc1csc(C(C)(C)C)n1. The molecular weight excluding hydrogens is 254 g/mol. The fourth-order valence-electron chi connectivity index (χ4n) is 2.64. The monoisotopic (exact) mass is 281 g/mol. The van der Waals surface area contributed by atoms with E-state index in [-0.39, 0.29) is 5.41 Å². The van der Waals surface area contributed by atoms with Crippen LogP contribution in [0.25, 0.3) is 0 Å². The Hall–Kier alpha value is -0.450. The van der Waals surface area contributed by atoms with E-state index >= 15 is 0 Å². The van der Waals surface area contributed by atoms with Crippen LogP contribution in [-0.2, 0) is 12.0 Å². The van der Waals surface area contributed by atoms with Crippen molar-refractivity contribution in [1.29, 1.82) is 0 Å². The minimum absolute atomic E-state index is 0.174. The Labute approximate surface area is 121 Å². The molecule has 2 heterocycles. The van der Waals surface area contributed by atoms with E-state index in [1.165, 1.54) is 36.6 Å². The first kappa shape index (κ1) is 14.9. The maximum atomic E-state index is 4.73. The fraction of sp³-hybridized carbons (Fsp3) is 0.800. The molecule has 1 atom stereocenters. The summed E-state index contributed by atoms with van der Waals surface area (Å²) < 4.78 is 0. The van der Waals surface area contributed by atoms with E-state index in [0.29, 0.717) is 0 Å². The van der Waals surface area contributed by atoms with Crippen LogP contribution in [0, 0.1) is 0 Å². The quantitative estimate of drug-likeness (QED) is 0.899. The van der Waals surface area contributed by atoms with Crippen molar-refractivity contribution in [3.8, 4) is 0 Å². The van der Waals surface area contributed by atoms with Gasteiger partial charge in [-0.3, -0.25) is 4.90 Å². The number of likely N-dealkylation sites (N-methyl/N-ethyl adjacent to an activating group) is 1. The lowest BCUT2D eigenvalue weighted by atomic mass is 9.98. The van der Waals surface area contributed by atoms with Gasteiger partial charge >= 0.3 is 0 Å². The molecule has 108 valence electrons. The zero-order chi connectivity index (χ0) is 13.9. The maximum Gasteiger partial charge on any atom is 0.0982 e. The molecule has 1 unspecified atom stereocenters. The van der Waals surface area contributed by atoms with Crippen molar-refractivity contribution < 1.29 is 0 Å². The summed E-state index contributed by atoms with van der Waals surface area (Å²) in [4.78, 5) is 7.31. The summed E-state index contributed by atoms with van der Waals surface area (Å²) in [6.07, 6.45) is 2.69. The van der Waals surface area contributed by atoms with Gasteiger partial charge in [0.1, 0.15) is 0 Å². The highest BCUT2D eigenvalue weighted by Gasteiger charge is 2.22. The lowest BCUT2D eigenvalue weighted by Gasteiger charge is -2.22. The Bertz CT molecular complexity index is 394. The van der Waals surface area contributed by atoms with Crippen LogP contribution in [0.15, 0.2) is 5.38 Å². The molecule has 4 heteroatoms. The fourth-order valence-corrected chi connectivity index (χ4v) is 3.55. The Morgan fingerprint density at radius 1 is 1.47 bits per heavy atom. The van der Waals surface area contributed by atoms with Gasteiger partial charge in [-0.1, -0.05) is 27.7 Å². The molecule has 1 aromatic heterocycles. The molecule has 0 saturated carbocycles. The average Bonchev–Trinajstić information content (AvgIpc) is 2.96. The molecule has 1 fully saturated rings. The number of nitrogens with one attached hydrogen (secondary N) is 1. The van der Waals surface area contributed by atoms with Crippen LogP contribution in [0.4, 0.5) is 0 Å². The third kappa shape index (κ3) is 4.01. The van der Waals surface area contributed by atoms with Gasteiger partial charge in [-0.15, -0.1) is 11.3 Å². The van der Waals surface area contributed by atoms with Crippen molar-refractivity contribution in [2.45, 2.75) is 58.5 Å². The lowest BCUT2D eigenvalue weighted by Crippen LogP contribution is -2.37. The highest BCUT2D eigenvalue weighted by Crippen LogP contribution is 2.25. The number of hydrogen-bond donors (Lipinski definition) is 1. The predicted molar refractivity (Wildman–Crippen MR) is 82.8 cm³/mol. The zero-order valence-corrected chi connectivity index (χ0v) is 13.5. The Kier molecular flexibility index (Phi) is 4.98. The molecule has 0 amide bonds. The van der Waals surface area contributed by atoms with E-state index in [9.17, 15) is 0 Å². The van der Waals surface area contributed by atoms with Crippen molar-refractivity contribution in [3.63, 3.8) is 0 Å². The number of aromatic nitrogens is 1. The van der Waals surface area contributed by atoms with Crippen LogP contribution in [0.5, 0.6) is 0 Å². The largest absolute Gasteiger partial charge is 0.310 e. The van der Waals surface area contributed by atoms with Gasteiger partial charge in [-0.25, -0.2) is 4.98 Å². The molecule has 1 aromatic rings. The summed E-state index contributed by atoms with van der Waals surface area (Å²) >= 11 is 1.78. The van der Waals surface area contributed by atoms with Gasteiger partial charge in [0.25, 0.3) is 0 Å². The normalized spacial score (nSPS) is 21.2. The third-order valence-corrected chi connectivity index (χ3v) is 5.10. The molecule has 1 aliphatic rings. The molecule has 1 saturated heterocycles. The summed E-state index contributed by atoms with van der Waals surface area (Å²) in [6, 6.07) is 0.728. The molecule has 1 aliphatic heterocycles. The van der Waals surface area contributed by atoms with Crippen LogP contribution < -0.4 is 5.32 Å². The first-order valence-corrected chi connectivity index (χ1v) is 8.28. The van der Waals surface area contributed by atoms with Crippen LogP contribution in [0.3, 0.4) is 0 Å². The summed E-state index contributed by atoms with van der Waals surface area (Å²) in [7, 11) is 0. The average molecular weight is 281 g/mol. The second kappa shape index (κ2) is 6.33. The van der Waals surface area contributed by atoms with Crippen molar-refractivity contribution in [3.05, 3.63) is 16.1 Å². The van der Waals surface area contributed by atoms with Crippen molar-refractivity contribution >= 4 is 11.3 Å². The summed E-state index contributed by atoms with van der Waals surface area (Å²) in [6.45, 7) is 13.4. The summed E-state index contributed by atoms with van der Waals surface area (Å²) in [5.74, 6) is 0. The Balaban J connectivity index is 1.78. The Morgan fingerprint density at radius 2 is 2.26 bits per heavy atom.